The third-order valence-corrected chi connectivity index (χ3v) is 6.62. The van der Waals surface area contributed by atoms with Crippen LogP contribution >= 0.6 is 0 Å². The van der Waals surface area contributed by atoms with E-state index in [1.165, 1.54) is 5.56 Å². The van der Waals surface area contributed by atoms with Crippen molar-refractivity contribution in [1.82, 2.24) is 4.90 Å². The maximum atomic E-state index is 13.0. The highest BCUT2D eigenvalue weighted by Crippen LogP contribution is 2.37. The largest absolute Gasteiger partial charge is 0.497 e. The molecule has 0 aromatic heterocycles. The molecule has 3 aromatic carbocycles. The first-order valence-corrected chi connectivity index (χ1v) is 11.3. The van der Waals surface area contributed by atoms with E-state index in [2.05, 4.69) is 37.3 Å². The van der Waals surface area contributed by atoms with Gasteiger partial charge >= 0.3 is 0 Å². The maximum Gasteiger partial charge on any atom is 0.227 e. The lowest BCUT2D eigenvalue weighted by molar-refractivity contribution is -0.131. The first kappa shape index (κ1) is 22.6. The van der Waals surface area contributed by atoms with Gasteiger partial charge < -0.3 is 15.4 Å². The van der Waals surface area contributed by atoms with Gasteiger partial charge in [0.2, 0.25) is 11.8 Å². The smallest absolute Gasteiger partial charge is 0.227 e. The summed E-state index contributed by atoms with van der Waals surface area (Å²) in [5, 5.41) is 0. The number of carbonyl (C=O) groups excluding carboxylic acids is 2. The Morgan fingerprint density at radius 3 is 2.48 bits per heavy atom. The lowest BCUT2D eigenvalue weighted by atomic mass is 9.78. The molecule has 1 heterocycles. The third kappa shape index (κ3) is 4.92. The average Bonchev–Trinajstić information content (AvgIpc) is 3.26. The van der Waals surface area contributed by atoms with Gasteiger partial charge in [-0.05, 0) is 54.2 Å². The van der Waals surface area contributed by atoms with Crippen LogP contribution in [0.5, 0.6) is 5.75 Å². The molecule has 4 rings (SSSR count). The number of methoxy groups -OCH3 is 1. The molecule has 1 fully saturated rings. The number of hydrogen-bond donors (Lipinski definition) is 1. The van der Waals surface area contributed by atoms with E-state index in [1.54, 1.807) is 12.0 Å². The second kappa shape index (κ2) is 9.49. The zero-order valence-electron chi connectivity index (χ0n) is 19.2. The quantitative estimate of drug-likeness (QED) is 0.597. The summed E-state index contributed by atoms with van der Waals surface area (Å²) >= 11 is 0. The van der Waals surface area contributed by atoms with Crippen LogP contribution in [0.3, 0.4) is 0 Å². The standard InChI is InChI=1S/C28H30N2O3/c1-20-6-5-8-22(16-20)25-9-4-3-7-23(25)18-28(27(29)32)14-15-30(19-28)26(31)17-21-10-12-24(33-2)13-11-21/h3-13,16H,14-15,17-19H2,1-2H3,(H2,29,32)/t28-/m1/s1. The topological polar surface area (TPSA) is 72.6 Å². The molecule has 2 amide bonds. The number of carbonyl (C=O) groups is 2. The van der Waals surface area contributed by atoms with Crippen molar-refractivity contribution in [3.8, 4) is 16.9 Å². The van der Waals surface area contributed by atoms with Gasteiger partial charge in [-0.15, -0.1) is 0 Å². The van der Waals surface area contributed by atoms with E-state index >= 15 is 0 Å². The predicted molar refractivity (Wildman–Crippen MR) is 130 cm³/mol. The zero-order chi connectivity index (χ0) is 23.4. The number of primary amides is 1. The van der Waals surface area contributed by atoms with Crippen molar-refractivity contribution in [3.05, 3.63) is 89.5 Å². The van der Waals surface area contributed by atoms with E-state index < -0.39 is 5.41 Å². The predicted octanol–water partition coefficient (Wildman–Crippen LogP) is 4.16. The molecule has 3 aromatic rings. The number of rotatable bonds is 7. The van der Waals surface area contributed by atoms with Gasteiger partial charge in [0.05, 0.1) is 18.9 Å². The van der Waals surface area contributed by atoms with Crippen LogP contribution in [0.15, 0.2) is 72.8 Å². The number of amides is 2. The van der Waals surface area contributed by atoms with Crippen LogP contribution in [0.1, 0.15) is 23.1 Å². The minimum atomic E-state index is -0.768. The Bertz CT molecular complexity index is 1160. The molecule has 0 bridgehead atoms. The van der Waals surface area contributed by atoms with Crippen LogP contribution < -0.4 is 10.5 Å². The third-order valence-electron chi connectivity index (χ3n) is 6.62. The second-order valence-electron chi connectivity index (χ2n) is 8.94. The van der Waals surface area contributed by atoms with Gasteiger partial charge in [-0.1, -0.05) is 66.2 Å². The van der Waals surface area contributed by atoms with Gasteiger partial charge in [-0.25, -0.2) is 0 Å². The zero-order valence-corrected chi connectivity index (χ0v) is 19.2. The summed E-state index contributed by atoms with van der Waals surface area (Å²) in [6.07, 6.45) is 1.37. The van der Waals surface area contributed by atoms with Crippen molar-refractivity contribution in [2.75, 3.05) is 20.2 Å². The second-order valence-corrected chi connectivity index (χ2v) is 8.94. The van der Waals surface area contributed by atoms with E-state index in [0.29, 0.717) is 32.4 Å². The Morgan fingerprint density at radius 2 is 1.79 bits per heavy atom. The van der Waals surface area contributed by atoms with Crippen molar-refractivity contribution >= 4 is 11.8 Å². The van der Waals surface area contributed by atoms with E-state index in [0.717, 1.165) is 28.0 Å². The van der Waals surface area contributed by atoms with Crippen molar-refractivity contribution in [2.45, 2.75) is 26.2 Å². The highest BCUT2D eigenvalue weighted by atomic mass is 16.5. The van der Waals surface area contributed by atoms with Crippen LogP contribution in [-0.2, 0) is 22.4 Å². The molecule has 2 N–H and O–H groups in total. The fraction of sp³-hybridized carbons (Fsp3) is 0.286. The van der Waals surface area contributed by atoms with Gasteiger partial charge in [0, 0.05) is 13.1 Å². The summed E-state index contributed by atoms with van der Waals surface area (Å²) in [5.41, 5.74) is 10.6. The molecule has 0 saturated carbocycles. The Balaban J connectivity index is 1.53. The minimum absolute atomic E-state index is 0.00950. The molecule has 0 unspecified atom stereocenters. The van der Waals surface area contributed by atoms with Crippen LogP contribution in [0.2, 0.25) is 0 Å². The summed E-state index contributed by atoms with van der Waals surface area (Å²) in [6, 6.07) is 24.0. The minimum Gasteiger partial charge on any atom is -0.497 e. The molecule has 0 radical (unpaired) electrons. The molecule has 1 saturated heterocycles. The Morgan fingerprint density at radius 1 is 1.03 bits per heavy atom. The molecule has 1 aliphatic rings. The van der Waals surface area contributed by atoms with E-state index in [9.17, 15) is 9.59 Å². The number of nitrogens with zero attached hydrogens (tertiary/aromatic N) is 1. The molecule has 1 aliphatic heterocycles. The Kier molecular flexibility index (Phi) is 6.50. The number of benzene rings is 3. The lowest BCUT2D eigenvalue weighted by Crippen LogP contribution is -2.42. The van der Waals surface area contributed by atoms with Gasteiger partial charge in [0.15, 0.2) is 0 Å². The van der Waals surface area contributed by atoms with Crippen LogP contribution in [0.4, 0.5) is 0 Å². The van der Waals surface area contributed by atoms with Crippen molar-refractivity contribution in [2.24, 2.45) is 11.1 Å². The van der Waals surface area contributed by atoms with Crippen LogP contribution in [0, 0.1) is 12.3 Å². The molecule has 33 heavy (non-hydrogen) atoms. The molecule has 170 valence electrons. The van der Waals surface area contributed by atoms with Crippen molar-refractivity contribution < 1.29 is 14.3 Å². The van der Waals surface area contributed by atoms with Gasteiger partial charge in [-0.2, -0.15) is 0 Å². The van der Waals surface area contributed by atoms with E-state index in [-0.39, 0.29) is 11.8 Å². The summed E-state index contributed by atoms with van der Waals surface area (Å²) < 4.78 is 5.19. The summed E-state index contributed by atoms with van der Waals surface area (Å²) in [6.45, 7) is 2.95. The van der Waals surface area contributed by atoms with E-state index in [1.807, 2.05) is 42.5 Å². The van der Waals surface area contributed by atoms with Crippen LogP contribution in [-0.4, -0.2) is 36.9 Å². The summed E-state index contributed by atoms with van der Waals surface area (Å²) in [4.78, 5) is 27.5. The van der Waals surface area contributed by atoms with Crippen molar-refractivity contribution in [3.63, 3.8) is 0 Å². The van der Waals surface area contributed by atoms with Gasteiger partial charge in [0.25, 0.3) is 0 Å². The molecule has 0 spiro atoms. The average molecular weight is 443 g/mol. The first-order valence-electron chi connectivity index (χ1n) is 11.3. The SMILES string of the molecule is COc1ccc(CC(=O)N2CC[C@](Cc3ccccc3-c3cccc(C)c3)(C(N)=O)C2)cc1. The molecular weight excluding hydrogens is 412 g/mol. The first-order chi connectivity index (χ1) is 15.9. The molecule has 0 aliphatic carbocycles. The fourth-order valence-electron chi connectivity index (χ4n) is 4.68. The maximum absolute atomic E-state index is 13.0. The molecule has 5 heteroatoms. The highest BCUT2D eigenvalue weighted by Gasteiger charge is 2.45. The number of hydrogen-bond acceptors (Lipinski definition) is 3. The normalized spacial score (nSPS) is 17.7. The fourth-order valence-corrected chi connectivity index (χ4v) is 4.68. The van der Waals surface area contributed by atoms with Gasteiger partial charge in [0.1, 0.15) is 5.75 Å². The molecule has 5 nitrogen and oxygen atoms in total. The Hall–Kier alpha value is -3.60. The molecule has 1 atom stereocenters. The number of likely N-dealkylation sites (tertiary alicyclic amines) is 1. The van der Waals surface area contributed by atoms with Crippen LogP contribution in [0.25, 0.3) is 11.1 Å². The van der Waals surface area contributed by atoms with E-state index in [4.69, 9.17) is 10.5 Å². The Labute approximate surface area is 195 Å². The summed E-state index contributed by atoms with van der Waals surface area (Å²) in [5.74, 6) is 0.420. The summed E-state index contributed by atoms with van der Waals surface area (Å²) in [7, 11) is 1.62. The lowest BCUT2D eigenvalue weighted by Gasteiger charge is -2.27. The number of aryl methyl sites for hydroxylation is 1. The highest BCUT2D eigenvalue weighted by molar-refractivity contribution is 5.85. The van der Waals surface area contributed by atoms with Gasteiger partial charge in [-0.3, -0.25) is 9.59 Å². The molecular formula is C28H30N2O3. The number of ether oxygens (including phenoxy) is 1. The van der Waals surface area contributed by atoms with Crippen molar-refractivity contribution in [1.29, 1.82) is 0 Å². The number of nitrogens with two attached hydrogens (primary N) is 1. The monoisotopic (exact) mass is 442 g/mol.